The molecule has 1 aliphatic rings. The zero-order chi connectivity index (χ0) is 11.7. The number of amides is 1. The van der Waals surface area contributed by atoms with Crippen LogP contribution >= 0.6 is 0 Å². The smallest absolute Gasteiger partial charge is 0.251 e. The number of hydrogen-bond donors (Lipinski definition) is 3. The minimum Gasteiger partial charge on any atom is -0.508 e. The van der Waals surface area contributed by atoms with E-state index in [0.29, 0.717) is 18.4 Å². The summed E-state index contributed by atoms with van der Waals surface area (Å²) in [6.45, 7) is 2.81. The second-order valence-electron chi connectivity index (χ2n) is 4.42. The molecular formula is C12H15NO3. The molecule has 4 nitrogen and oxygen atoms in total. The summed E-state index contributed by atoms with van der Waals surface area (Å²) in [7, 11) is 0. The normalized spacial score (nSPS) is 22.8. The van der Waals surface area contributed by atoms with Crippen LogP contribution in [0.4, 0.5) is 0 Å². The van der Waals surface area contributed by atoms with Gasteiger partial charge in [-0.2, -0.15) is 0 Å². The first-order valence-electron chi connectivity index (χ1n) is 5.37. The van der Waals surface area contributed by atoms with Gasteiger partial charge < -0.3 is 15.5 Å². The van der Waals surface area contributed by atoms with E-state index >= 15 is 0 Å². The van der Waals surface area contributed by atoms with Crippen LogP contribution in [0.1, 0.15) is 23.7 Å². The van der Waals surface area contributed by atoms with Crippen molar-refractivity contribution in [3.63, 3.8) is 0 Å². The maximum absolute atomic E-state index is 11.7. The van der Waals surface area contributed by atoms with Crippen LogP contribution in [0.5, 0.6) is 11.5 Å². The monoisotopic (exact) mass is 221 g/mol. The molecule has 1 aliphatic carbocycles. The Balaban J connectivity index is 1.97. The Hall–Kier alpha value is -1.71. The van der Waals surface area contributed by atoms with E-state index in [1.54, 1.807) is 0 Å². The molecule has 0 heterocycles. The summed E-state index contributed by atoms with van der Waals surface area (Å²) in [5.41, 5.74) is 0.283. The molecule has 0 aromatic heterocycles. The summed E-state index contributed by atoms with van der Waals surface area (Å²) in [5.74, 6) is 0.799. The van der Waals surface area contributed by atoms with Crippen molar-refractivity contribution in [3.05, 3.63) is 23.8 Å². The van der Waals surface area contributed by atoms with Crippen molar-refractivity contribution in [1.82, 2.24) is 5.32 Å². The van der Waals surface area contributed by atoms with Gasteiger partial charge in [-0.1, -0.05) is 6.92 Å². The van der Waals surface area contributed by atoms with Crippen molar-refractivity contribution in [2.45, 2.75) is 13.3 Å². The molecule has 0 saturated heterocycles. The third-order valence-corrected chi connectivity index (χ3v) is 2.97. The fraction of sp³-hybridized carbons (Fsp3) is 0.417. The molecule has 0 radical (unpaired) electrons. The lowest BCUT2D eigenvalue weighted by atomic mass is 10.2. The van der Waals surface area contributed by atoms with Gasteiger partial charge in [-0.15, -0.1) is 0 Å². The van der Waals surface area contributed by atoms with E-state index in [4.69, 9.17) is 0 Å². The Morgan fingerprint density at radius 3 is 2.44 bits per heavy atom. The number of phenols is 2. The Morgan fingerprint density at radius 2 is 1.94 bits per heavy atom. The third-order valence-electron chi connectivity index (χ3n) is 2.97. The van der Waals surface area contributed by atoms with Crippen molar-refractivity contribution in [2.75, 3.05) is 6.54 Å². The molecule has 0 aliphatic heterocycles. The highest BCUT2D eigenvalue weighted by Gasteiger charge is 2.32. The average Bonchev–Trinajstić information content (AvgIpc) is 2.89. The van der Waals surface area contributed by atoms with Crippen LogP contribution in [0.25, 0.3) is 0 Å². The Kier molecular flexibility index (Phi) is 2.73. The molecule has 2 atom stereocenters. The van der Waals surface area contributed by atoms with Crippen LogP contribution in [-0.4, -0.2) is 22.7 Å². The van der Waals surface area contributed by atoms with Crippen LogP contribution in [0.3, 0.4) is 0 Å². The number of hydrogen-bond acceptors (Lipinski definition) is 3. The second kappa shape index (κ2) is 4.04. The Morgan fingerprint density at radius 1 is 1.38 bits per heavy atom. The first-order valence-corrected chi connectivity index (χ1v) is 5.37. The number of carbonyl (C=O) groups is 1. The maximum atomic E-state index is 11.7. The van der Waals surface area contributed by atoms with Crippen LogP contribution in [-0.2, 0) is 0 Å². The molecule has 2 rings (SSSR count). The van der Waals surface area contributed by atoms with Gasteiger partial charge in [0.15, 0.2) is 0 Å². The molecule has 1 aromatic carbocycles. The van der Waals surface area contributed by atoms with E-state index < -0.39 is 0 Å². The van der Waals surface area contributed by atoms with Gasteiger partial charge in [0.25, 0.3) is 5.91 Å². The molecule has 1 amide bonds. The van der Waals surface area contributed by atoms with E-state index in [9.17, 15) is 15.0 Å². The first-order chi connectivity index (χ1) is 7.56. The van der Waals surface area contributed by atoms with Crippen LogP contribution in [0, 0.1) is 11.8 Å². The van der Waals surface area contributed by atoms with Gasteiger partial charge in [0.2, 0.25) is 0 Å². The number of phenolic OH excluding ortho intramolecular Hbond substituents is 2. The van der Waals surface area contributed by atoms with Gasteiger partial charge in [-0.05, 0) is 30.4 Å². The van der Waals surface area contributed by atoms with Crippen LogP contribution in [0.15, 0.2) is 18.2 Å². The molecule has 1 saturated carbocycles. The number of rotatable bonds is 3. The van der Waals surface area contributed by atoms with E-state index in [1.165, 1.54) is 18.2 Å². The molecule has 16 heavy (non-hydrogen) atoms. The van der Waals surface area contributed by atoms with E-state index in [1.807, 2.05) is 0 Å². The molecule has 2 unspecified atom stereocenters. The molecule has 0 spiro atoms. The number of aromatic hydroxyl groups is 2. The lowest BCUT2D eigenvalue weighted by Crippen LogP contribution is -2.25. The summed E-state index contributed by atoms with van der Waals surface area (Å²) in [5, 5.41) is 21.3. The highest BCUT2D eigenvalue weighted by atomic mass is 16.3. The fourth-order valence-corrected chi connectivity index (χ4v) is 1.74. The van der Waals surface area contributed by atoms with Gasteiger partial charge in [0.05, 0.1) is 0 Å². The lowest BCUT2D eigenvalue weighted by Gasteiger charge is -2.05. The molecule has 3 N–H and O–H groups in total. The van der Waals surface area contributed by atoms with Crippen LogP contribution in [0.2, 0.25) is 0 Å². The second-order valence-corrected chi connectivity index (χ2v) is 4.42. The van der Waals surface area contributed by atoms with Gasteiger partial charge in [-0.3, -0.25) is 4.79 Å². The predicted octanol–water partition coefficient (Wildman–Crippen LogP) is 1.48. The summed E-state index contributed by atoms with van der Waals surface area (Å²) in [6, 6.07) is 3.87. The lowest BCUT2D eigenvalue weighted by molar-refractivity contribution is 0.0950. The topological polar surface area (TPSA) is 69.6 Å². The standard InChI is InChI=1S/C12H15NO3/c1-7-2-9(7)6-13-12(16)8-3-10(14)5-11(15)4-8/h3-5,7,9,14-15H,2,6H2,1H3,(H,13,16). The van der Waals surface area contributed by atoms with Crippen molar-refractivity contribution in [1.29, 1.82) is 0 Å². The first kappa shape index (κ1) is 10.8. The van der Waals surface area contributed by atoms with Crippen molar-refractivity contribution in [3.8, 4) is 11.5 Å². The molecule has 0 bridgehead atoms. The zero-order valence-electron chi connectivity index (χ0n) is 9.10. The van der Waals surface area contributed by atoms with Crippen LogP contribution < -0.4 is 5.32 Å². The molecule has 86 valence electrons. The summed E-state index contributed by atoms with van der Waals surface area (Å²) < 4.78 is 0. The van der Waals surface area contributed by atoms with Gasteiger partial charge >= 0.3 is 0 Å². The Labute approximate surface area is 93.9 Å². The quantitative estimate of drug-likeness (QED) is 0.724. The fourth-order valence-electron chi connectivity index (χ4n) is 1.74. The third kappa shape index (κ3) is 2.45. The minimum atomic E-state index is -0.259. The van der Waals surface area contributed by atoms with Crippen molar-refractivity contribution >= 4 is 5.91 Å². The Bertz CT molecular complexity index is 396. The minimum absolute atomic E-state index is 0.107. The largest absolute Gasteiger partial charge is 0.508 e. The number of benzene rings is 1. The molecule has 1 aromatic rings. The maximum Gasteiger partial charge on any atom is 0.251 e. The predicted molar refractivity (Wildman–Crippen MR) is 59.4 cm³/mol. The summed E-state index contributed by atoms with van der Waals surface area (Å²) in [6.07, 6.45) is 1.16. The molecule has 1 fully saturated rings. The molecule has 4 heteroatoms. The van der Waals surface area contributed by atoms with E-state index in [-0.39, 0.29) is 23.0 Å². The molecular weight excluding hydrogens is 206 g/mol. The van der Waals surface area contributed by atoms with Crippen molar-refractivity contribution in [2.24, 2.45) is 11.8 Å². The number of carbonyl (C=O) groups excluding carboxylic acids is 1. The SMILES string of the molecule is CC1CC1CNC(=O)c1cc(O)cc(O)c1. The summed E-state index contributed by atoms with van der Waals surface area (Å²) in [4.78, 5) is 11.7. The summed E-state index contributed by atoms with van der Waals surface area (Å²) >= 11 is 0. The van der Waals surface area contributed by atoms with Gasteiger partial charge in [-0.25, -0.2) is 0 Å². The van der Waals surface area contributed by atoms with Gasteiger partial charge in [0.1, 0.15) is 11.5 Å². The highest BCUT2D eigenvalue weighted by molar-refractivity contribution is 5.95. The van der Waals surface area contributed by atoms with Gasteiger partial charge in [0, 0.05) is 18.2 Å². The highest BCUT2D eigenvalue weighted by Crippen LogP contribution is 2.36. The van der Waals surface area contributed by atoms with Crippen molar-refractivity contribution < 1.29 is 15.0 Å². The van der Waals surface area contributed by atoms with E-state index in [2.05, 4.69) is 12.2 Å². The van der Waals surface area contributed by atoms with E-state index in [0.717, 1.165) is 6.42 Å². The average molecular weight is 221 g/mol. The zero-order valence-corrected chi connectivity index (χ0v) is 9.10. The number of nitrogens with one attached hydrogen (secondary N) is 1.